The van der Waals surface area contributed by atoms with Crippen molar-refractivity contribution in [2.24, 2.45) is 0 Å². The smallest absolute Gasteiger partial charge is 1.00 e. The molecule has 0 amide bonds. The maximum atomic E-state index is 3.10. The zero-order chi connectivity index (χ0) is 5.98. The van der Waals surface area contributed by atoms with Gasteiger partial charge in [-0.2, -0.15) is 35.4 Å². The zero-order valence-electron chi connectivity index (χ0n) is 6.32. The molecule has 0 saturated carbocycles. The summed E-state index contributed by atoms with van der Waals surface area (Å²) >= 11 is 0. The first-order chi connectivity index (χ1) is 3.80. The van der Waals surface area contributed by atoms with Crippen LogP contribution in [-0.2, 0) is 0 Å². The van der Waals surface area contributed by atoms with Crippen molar-refractivity contribution in [1.82, 2.24) is 0 Å². The van der Waals surface area contributed by atoms with Gasteiger partial charge in [0.15, 0.2) is 0 Å². The van der Waals surface area contributed by atoms with Gasteiger partial charge in [0.05, 0.1) is 0 Å². The van der Waals surface area contributed by atoms with Gasteiger partial charge in [-0.3, -0.25) is 0 Å². The van der Waals surface area contributed by atoms with E-state index in [2.05, 4.69) is 26.0 Å². The molecule has 1 aromatic carbocycles. The molecule has 0 fully saturated rings. The Bertz CT molecular complexity index is 165. The van der Waals surface area contributed by atoms with Gasteiger partial charge in [-0.05, 0) is 0 Å². The first kappa shape index (κ1) is 13.3. The minimum atomic E-state index is 0. The Balaban J connectivity index is 0. The van der Waals surface area contributed by atoms with Crippen molar-refractivity contribution in [3.05, 3.63) is 35.4 Å². The summed E-state index contributed by atoms with van der Waals surface area (Å²) in [6, 6.07) is 9.12. The molecule has 0 aliphatic rings. The van der Waals surface area contributed by atoms with E-state index in [0.717, 1.165) is 0 Å². The van der Waals surface area contributed by atoms with Crippen molar-refractivity contribution in [2.75, 3.05) is 0 Å². The molecule has 0 aliphatic heterocycles. The van der Waals surface area contributed by atoms with E-state index in [9.17, 15) is 0 Å². The minimum Gasteiger partial charge on any atom is -1.00 e. The Morgan fingerprint density at radius 3 is 2.20 bits per heavy atom. The monoisotopic (exact) mass is 256 g/mol. The fraction of sp³-hybridized carbons (Fsp3) is 0.250. The Labute approximate surface area is 95.6 Å². The maximum Gasteiger partial charge on any atom is 2.00 e. The van der Waals surface area contributed by atoms with E-state index in [-0.39, 0.29) is 47.0 Å². The third kappa shape index (κ3) is 3.78. The van der Waals surface area contributed by atoms with Gasteiger partial charge in [0.25, 0.3) is 0 Å². The van der Waals surface area contributed by atoms with Crippen LogP contribution in [0.2, 0.25) is 0 Å². The second-order valence-corrected chi connectivity index (χ2v) is 1.98. The number of halogens is 1. The summed E-state index contributed by atoms with van der Waals surface area (Å²) in [5.41, 5.74) is 2.56. The molecule has 0 N–H and O–H groups in total. The van der Waals surface area contributed by atoms with Gasteiger partial charge in [0.2, 0.25) is 0 Å². The topological polar surface area (TPSA) is 0 Å². The molecular formula is C8H9IMg. The summed E-state index contributed by atoms with van der Waals surface area (Å²) in [4.78, 5) is 0. The Morgan fingerprint density at radius 2 is 1.90 bits per heavy atom. The molecule has 10 heavy (non-hydrogen) atoms. The molecule has 0 radical (unpaired) electrons. The van der Waals surface area contributed by atoms with E-state index in [1.54, 1.807) is 0 Å². The van der Waals surface area contributed by atoms with Crippen molar-refractivity contribution in [2.45, 2.75) is 13.8 Å². The average Bonchev–Trinajstić information content (AvgIpc) is 1.77. The second-order valence-electron chi connectivity index (χ2n) is 1.98. The van der Waals surface area contributed by atoms with Crippen LogP contribution in [0.1, 0.15) is 11.1 Å². The average molecular weight is 256 g/mol. The van der Waals surface area contributed by atoms with Crippen LogP contribution in [-0.4, -0.2) is 23.1 Å². The molecule has 0 aliphatic carbocycles. The molecule has 0 nitrogen and oxygen atoms in total. The Morgan fingerprint density at radius 1 is 1.30 bits per heavy atom. The molecule has 0 heterocycles. The van der Waals surface area contributed by atoms with Gasteiger partial charge in [-0.25, -0.2) is 0 Å². The minimum absolute atomic E-state index is 0. The molecule has 0 bridgehead atoms. The van der Waals surface area contributed by atoms with Crippen LogP contribution in [0, 0.1) is 19.9 Å². The zero-order valence-corrected chi connectivity index (χ0v) is 9.89. The first-order valence-electron chi connectivity index (χ1n) is 2.74. The van der Waals surface area contributed by atoms with E-state index in [4.69, 9.17) is 0 Å². The summed E-state index contributed by atoms with van der Waals surface area (Å²) in [5, 5.41) is 0. The van der Waals surface area contributed by atoms with Crippen molar-refractivity contribution >= 4 is 23.1 Å². The third-order valence-electron chi connectivity index (χ3n) is 1.33. The number of hydrogen-bond donors (Lipinski definition) is 0. The molecule has 0 atom stereocenters. The van der Waals surface area contributed by atoms with Crippen molar-refractivity contribution in [3.63, 3.8) is 0 Å². The van der Waals surface area contributed by atoms with Crippen LogP contribution in [0.5, 0.6) is 0 Å². The van der Waals surface area contributed by atoms with Crippen LogP contribution in [0.15, 0.2) is 18.2 Å². The molecule has 50 valence electrons. The van der Waals surface area contributed by atoms with E-state index >= 15 is 0 Å². The van der Waals surface area contributed by atoms with Crippen molar-refractivity contribution in [3.8, 4) is 0 Å². The van der Waals surface area contributed by atoms with E-state index in [0.29, 0.717) is 0 Å². The van der Waals surface area contributed by atoms with Crippen molar-refractivity contribution in [1.29, 1.82) is 0 Å². The summed E-state index contributed by atoms with van der Waals surface area (Å²) in [6.45, 7) is 4.15. The number of hydrogen-bond acceptors (Lipinski definition) is 0. The SMILES string of the molecule is Cc1[c-]cccc1C.[I-].[Mg+2]. The fourth-order valence-electron chi connectivity index (χ4n) is 0.604. The number of aryl methyl sites for hydroxylation is 2. The molecule has 0 spiro atoms. The molecule has 0 saturated heterocycles. The third-order valence-corrected chi connectivity index (χ3v) is 1.33. The summed E-state index contributed by atoms with van der Waals surface area (Å²) < 4.78 is 0. The Kier molecular flexibility index (Phi) is 8.56. The predicted molar refractivity (Wildman–Crippen MR) is 40.5 cm³/mol. The molecule has 2 heteroatoms. The second kappa shape index (κ2) is 6.43. The van der Waals surface area contributed by atoms with Gasteiger partial charge in [0.1, 0.15) is 0 Å². The quantitative estimate of drug-likeness (QED) is 0.308. The molecule has 1 rings (SSSR count). The van der Waals surface area contributed by atoms with Crippen LogP contribution in [0.25, 0.3) is 0 Å². The molecule has 1 aromatic rings. The van der Waals surface area contributed by atoms with Gasteiger partial charge in [-0.1, -0.05) is 13.8 Å². The largest absolute Gasteiger partial charge is 2.00 e. The summed E-state index contributed by atoms with van der Waals surface area (Å²) in [6.07, 6.45) is 0. The van der Waals surface area contributed by atoms with E-state index in [1.807, 2.05) is 12.1 Å². The van der Waals surface area contributed by atoms with Gasteiger partial charge in [0, 0.05) is 0 Å². The predicted octanol–water partition coefficient (Wildman–Crippen LogP) is -1.27. The first-order valence-corrected chi connectivity index (χ1v) is 2.74. The number of benzene rings is 1. The molecular weight excluding hydrogens is 247 g/mol. The summed E-state index contributed by atoms with van der Waals surface area (Å²) in [5.74, 6) is 0. The van der Waals surface area contributed by atoms with Crippen LogP contribution in [0.4, 0.5) is 0 Å². The molecule has 0 aromatic heterocycles. The van der Waals surface area contributed by atoms with Gasteiger partial charge < -0.3 is 24.0 Å². The van der Waals surface area contributed by atoms with E-state index < -0.39 is 0 Å². The van der Waals surface area contributed by atoms with Gasteiger partial charge >= 0.3 is 23.1 Å². The van der Waals surface area contributed by atoms with Crippen LogP contribution < -0.4 is 24.0 Å². The standard InChI is InChI=1S/C8H9.HI.Mg/c1-7-5-3-4-6-8(7)2;;/h3-5H,1-2H3;1H;/q-1;;+2/p-1. The van der Waals surface area contributed by atoms with E-state index in [1.165, 1.54) is 11.1 Å². The van der Waals surface area contributed by atoms with Gasteiger partial charge in [-0.15, -0.1) is 0 Å². The normalized spacial score (nSPS) is 7.40. The fourth-order valence-corrected chi connectivity index (χ4v) is 0.604. The summed E-state index contributed by atoms with van der Waals surface area (Å²) in [7, 11) is 0. The van der Waals surface area contributed by atoms with Crippen molar-refractivity contribution < 1.29 is 24.0 Å². The molecule has 0 unspecified atom stereocenters. The number of rotatable bonds is 0. The van der Waals surface area contributed by atoms with Crippen LogP contribution in [0.3, 0.4) is 0 Å². The van der Waals surface area contributed by atoms with Crippen LogP contribution >= 0.6 is 0 Å². The Hall–Kier alpha value is 0.716. The maximum absolute atomic E-state index is 3.10.